The summed E-state index contributed by atoms with van der Waals surface area (Å²) in [5.74, 6) is -1.70. The molecule has 0 aliphatic heterocycles. The Hall–Kier alpha value is -2.25. The van der Waals surface area contributed by atoms with Crippen LogP contribution in [0.3, 0.4) is 0 Å². The third-order valence-corrected chi connectivity index (χ3v) is 5.59. The molecule has 0 N–H and O–H groups in total. The third-order valence-electron chi connectivity index (χ3n) is 5.59. The van der Waals surface area contributed by atoms with E-state index in [0.717, 1.165) is 0 Å². The molecule has 154 valence electrons. The Kier molecular flexibility index (Phi) is 6.62. The molecule has 0 aromatic carbocycles. The smallest absolute Gasteiger partial charge is 0.330 e. The molecule has 0 aromatic heterocycles. The number of hydrogen-bond acceptors (Lipinski definition) is 7. The lowest BCUT2D eigenvalue weighted by Crippen LogP contribution is -2.70. The number of carbonyl (C=O) groups is 3. The van der Waals surface area contributed by atoms with Crippen LogP contribution in [0.25, 0.3) is 0 Å². The number of methoxy groups -OCH3 is 2. The van der Waals surface area contributed by atoms with Gasteiger partial charge in [-0.15, -0.1) is 0 Å². The van der Waals surface area contributed by atoms with Crippen LogP contribution in [0.1, 0.15) is 27.2 Å². The maximum Gasteiger partial charge on any atom is 0.330 e. The summed E-state index contributed by atoms with van der Waals surface area (Å²) in [4.78, 5) is 37.2. The summed E-state index contributed by atoms with van der Waals surface area (Å²) in [6.45, 7) is 5.79. The van der Waals surface area contributed by atoms with E-state index < -0.39 is 28.6 Å². The van der Waals surface area contributed by atoms with Crippen molar-refractivity contribution in [3.05, 3.63) is 36.5 Å². The van der Waals surface area contributed by atoms with Gasteiger partial charge in [-0.2, -0.15) is 0 Å². The molecule has 0 heterocycles. The predicted molar refractivity (Wildman–Crippen MR) is 101 cm³/mol. The molecule has 28 heavy (non-hydrogen) atoms. The van der Waals surface area contributed by atoms with Crippen molar-refractivity contribution in [2.75, 3.05) is 27.4 Å². The third kappa shape index (κ3) is 3.44. The summed E-state index contributed by atoms with van der Waals surface area (Å²) in [5.41, 5.74) is -3.49. The van der Waals surface area contributed by atoms with E-state index in [1.807, 2.05) is 13.0 Å². The molecule has 0 aromatic rings. The molecule has 0 spiro atoms. The van der Waals surface area contributed by atoms with Crippen molar-refractivity contribution in [2.24, 2.45) is 11.3 Å². The second kappa shape index (κ2) is 8.41. The van der Waals surface area contributed by atoms with Crippen molar-refractivity contribution >= 4 is 17.7 Å². The van der Waals surface area contributed by atoms with Gasteiger partial charge in [-0.25, -0.2) is 9.59 Å². The molecular weight excluding hydrogens is 364 g/mol. The van der Waals surface area contributed by atoms with Gasteiger partial charge in [-0.05, 0) is 32.4 Å². The van der Waals surface area contributed by atoms with Gasteiger partial charge in [0.2, 0.25) is 5.78 Å². The van der Waals surface area contributed by atoms with Crippen LogP contribution in [0.2, 0.25) is 0 Å². The van der Waals surface area contributed by atoms with Crippen LogP contribution in [0.15, 0.2) is 36.5 Å². The predicted octanol–water partition coefficient (Wildman–Crippen LogP) is 2.16. The summed E-state index contributed by atoms with van der Waals surface area (Å²) >= 11 is 0. The van der Waals surface area contributed by atoms with Crippen LogP contribution in [0.4, 0.5) is 0 Å². The number of ketones is 1. The highest BCUT2D eigenvalue weighted by Gasteiger charge is 2.67. The minimum Gasteiger partial charge on any atom is -0.463 e. The normalized spacial score (nSPS) is 34.3. The highest BCUT2D eigenvalue weighted by Crippen LogP contribution is 2.57. The summed E-state index contributed by atoms with van der Waals surface area (Å²) in [7, 11) is 2.87. The van der Waals surface area contributed by atoms with E-state index in [0.29, 0.717) is 6.42 Å². The van der Waals surface area contributed by atoms with E-state index in [1.54, 1.807) is 26.0 Å². The molecule has 7 nitrogen and oxygen atoms in total. The van der Waals surface area contributed by atoms with Gasteiger partial charge in [-0.3, -0.25) is 4.79 Å². The number of fused-ring (bicyclic) bond motifs is 2. The molecular formula is C21H28O7. The van der Waals surface area contributed by atoms with E-state index in [2.05, 4.69) is 0 Å². The van der Waals surface area contributed by atoms with E-state index in [9.17, 15) is 14.4 Å². The molecule has 1 fully saturated rings. The molecule has 7 heteroatoms. The van der Waals surface area contributed by atoms with Gasteiger partial charge in [0.25, 0.3) is 0 Å². The molecule has 3 rings (SSSR count). The first-order valence-corrected chi connectivity index (χ1v) is 9.31. The van der Waals surface area contributed by atoms with Crippen LogP contribution in [0.5, 0.6) is 0 Å². The monoisotopic (exact) mass is 392 g/mol. The van der Waals surface area contributed by atoms with Gasteiger partial charge in [-0.1, -0.05) is 19.1 Å². The van der Waals surface area contributed by atoms with Gasteiger partial charge in [0, 0.05) is 37.7 Å². The largest absolute Gasteiger partial charge is 0.463 e. The first-order chi connectivity index (χ1) is 13.2. The van der Waals surface area contributed by atoms with Crippen molar-refractivity contribution in [3.8, 4) is 0 Å². The second-order valence-electron chi connectivity index (χ2n) is 7.02. The van der Waals surface area contributed by atoms with Gasteiger partial charge < -0.3 is 18.9 Å². The highest BCUT2D eigenvalue weighted by atomic mass is 16.5. The quantitative estimate of drug-likeness (QED) is 0.355. The van der Waals surface area contributed by atoms with Crippen LogP contribution in [-0.4, -0.2) is 56.4 Å². The molecule has 3 aliphatic carbocycles. The van der Waals surface area contributed by atoms with Crippen molar-refractivity contribution in [1.29, 1.82) is 0 Å². The standard InChI is InChI=1S/C21H28O7/c1-6-27-16(22)9-11-19(3)14-15-8-13-21(19,26-5)18(24)20(15,25-4)12-10-17(23)28-7-2/h8-13,15H,6-7,14H2,1-5H3/b11-9+,12-10+/t15-,19+,20+,21+/m1/s1. The van der Waals surface area contributed by atoms with Gasteiger partial charge in [0.05, 0.1) is 13.2 Å². The lowest BCUT2D eigenvalue weighted by molar-refractivity contribution is -0.185. The second-order valence-corrected chi connectivity index (χ2v) is 7.02. The summed E-state index contributed by atoms with van der Waals surface area (Å²) in [6.07, 6.45) is 9.71. The van der Waals surface area contributed by atoms with E-state index in [1.165, 1.54) is 32.4 Å². The fraction of sp³-hybridized carbons (Fsp3) is 0.571. The first-order valence-electron chi connectivity index (χ1n) is 9.31. The molecule has 0 radical (unpaired) electrons. The molecule has 0 saturated heterocycles. The van der Waals surface area contributed by atoms with Gasteiger partial charge in [0.1, 0.15) is 0 Å². The van der Waals surface area contributed by atoms with E-state index in [-0.39, 0.29) is 24.9 Å². The number of esters is 2. The fourth-order valence-corrected chi connectivity index (χ4v) is 4.13. The number of ether oxygens (including phenoxy) is 4. The Labute approximate surface area is 165 Å². The van der Waals surface area contributed by atoms with E-state index >= 15 is 0 Å². The van der Waals surface area contributed by atoms with Gasteiger partial charge >= 0.3 is 11.9 Å². The molecule has 2 bridgehead atoms. The number of carbonyl (C=O) groups excluding carboxylic acids is 3. The van der Waals surface area contributed by atoms with Crippen LogP contribution in [-0.2, 0) is 33.3 Å². The molecule has 0 unspecified atom stereocenters. The van der Waals surface area contributed by atoms with Crippen LogP contribution in [0, 0.1) is 11.3 Å². The van der Waals surface area contributed by atoms with E-state index in [4.69, 9.17) is 18.9 Å². The average Bonchev–Trinajstić information content (AvgIpc) is 2.67. The van der Waals surface area contributed by atoms with Crippen molar-refractivity contribution in [1.82, 2.24) is 0 Å². The van der Waals surface area contributed by atoms with Crippen LogP contribution >= 0.6 is 0 Å². The Balaban J connectivity index is 2.45. The average molecular weight is 392 g/mol. The maximum atomic E-state index is 13.6. The Morgan fingerprint density at radius 1 is 1.07 bits per heavy atom. The number of rotatable bonds is 8. The summed E-state index contributed by atoms with van der Waals surface area (Å²) in [6, 6.07) is 0. The SMILES string of the molecule is CCOC(=O)/C=C/[C@@]1(C)C[C@H]2C=C[C@]1(OC)C(=O)[C@@]2(/C=C/C(=O)OCC)OC. The summed E-state index contributed by atoms with van der Waals surface area (Å²) < 4.78 is 21.2. The first kappa shape index (κ1) is 22.0. The zero-order chi connectivity index (χ0) is 21.0. The lowest BCUT2D eigenvalue weighted by atomic mass is 9.51. The molecule has 3 aliphatic rings. The van der Waals surface area contributed by atoms with Crippen LogP contribution < -0.4 is 0 Å². The Morgan fingerprint density at radius 2 is 1.64 bits per heavy atom. The minimum absolute atomic E-state index is 0.235. The molecule has 0 amide bonds. The molecule has 1 saturated carbocycles. The van der Waals surface area contributed by atoms with Crippen molar-refractivity contribution < 1.29 is 33.3 Å². The highest BCUT2D eigenvalue weighted by molar-refractivity contribution is 6.03. The minimum atomic E-state index is -1.35. The zero-order valence-electron chi connectivity index (χ0n) is 17.0. The Bertz CT molecular complexity index is 722. The lowest BCUT2D eigenvalue weighted by Gasteiger charge is -2.57. The van der Waals surface area contributed by atoms with Gasteiger partial charge in [0.15, 0.2) is 11.2 Å². The topological polar surface area (TPSA) is 88.1 Å². The Morgan fingerprint density at radius 3 is 2.14 bits per heavy atom. The number of Topliss-reactive ketones (excluding diaryl/α,β-unsaturated/α-hetero) is 1. The van der Waals surface area contributed by atoms with Crippen molar-refractivity contribution in [2.45, 2.75) is 38.4 Å². The maximum absolute atomic E-state index is 13.6. The number of hydrogen-bond donors (Lipinski definition) is 0. The molecule has 4 atom stereocenters. The fourth-order valence-electron chi connectivity index (χ4n) is 4.13. The van der Waals surface area contributed by atoms with Crippen molar-refractivity contribution in [3.63, 3.8) is 0 Å². The zero-order valence-corrected chi connectivity index (χ0v) is 17.0. The summed E-state index contributed by atoms with van der Waals surface area (Å²) in [5, 5.41) is 0.